The summed E-state index contributed by atoms with van der Waals surface area (Å²) in [6.07, 6.45) is 2.06. The van der Waals surface area contributed by atoms with E-state index in [1.807, 2.05) is 6.07 Å². The van der Waals surface area contributed by atoms with Crippen LogP contribution in [-0.4, -0.2) is 11.7 Å². The molecule has 1 aromatic rings. The maximum absolute atomic E-state index is 9.67. The van der Waals surface area contributed by atoms with Gasteiger partial charge >= 0.3 is 0 Å². The molecule has 2 heteroatoms. The van der Waals surface area contributed by atoms with Gasteiger partial charge in [0.2, 0.25) is 0 Å². The minimum absolute atomic E-state index is 0.453. The maximum Gasteiger partial charge on any atom is 0.119 e. The van der Waals surface area contributed by atoms with Crippen LogP contribution in [0.5, 0.6) is 5.75 Å². The molecule has 0 bridgehead atoms. The molecule has 2 atom stereocenters. The smallest absolute Gasteiger partial charge is 0.119 e. The quantitative estimate of drug-likeness (QED) is 0.747. The second kappa shape index (κ2) is 3.62. The van der Waals surface area contributed by atoms with E-state index in [0.29, 0.717) is 17.6 Å². The van der Waals surface area contributed by atoms with Gasteiger partial charge in [-0.3, -0.25) is 0 Å². The van der Waals surface area contributed by atoms with E-state index in [-0.39, 0.29) is 0 Å². The number of phenols is 1. The average molecular weight is 191 g/mol. The molecule has 0 saturated heterocycles. The van der Waals surface area contributed by atoms with Crippen LogP contribution in [0.1, 0.15) is 18.1 Å². The first-order valence-electron chi connectivity index (χ1n) is 5.22. The van der Waals surface area contributed by atoms with Gasteiger partial charge in [0.05, 0.1) is 0 Å². The number of nitrogens with two attached hydrogens (primary N) is 1. The van der Waals surface area contributed by atoms with Crippen molar-refractivity contribution in [1.82, 2.24) is 0 Å². The van der Waals surface area contributed by atoms with E-state index in [9.17, 15) is 5.11 Å². The molecular formula is C12H17NO. The van der Waals surface area contributed by atoms with Crippen molar-refractivity contribution in [2.75, 3.05) is 6.54 Å². The highest BCUT2D eigenvalue weighted by molar-refractivity contribution is 5.42. The Labute approximate surface area is 84.7 Å². The first-order valence-corrected chi connectivity index (χ1v) is 5.22. The molecule has 0 amide bonds. The number of hydrogen-bond acceptors (Lipinski definition) is 2. The Kier molecular flexibility index (Phi) is 2.46. The van der Waals surface area contributed by atoms with Crippen molar-refractivity contribution in [2.45, 2.75) is 19.8 Å². The van der Waals surface area contributed by atoms with Crippen molar-refractivity contribution in [3.8, 4) is 5.75 Å². The van der Waals surface area contributed by atoms with E-state index in [4.69, 9.17) is 5.73 Å². The fourth-order valence-electron chi connectivity index (χ4n) is 2.26. The molecule has 0 fully saturated rings. The van der Waals surface area contributed by atoms with Crippen molar-refractivity contribution in [3.05, 3.63) is 29.3 Å². The fraction of sp³-hybridized carbons (Fsp3) is 0.500. The maximum atomic E-state index is 9.67. The fourth-order valence-corrected chi connectivity index (χ4v) is 2.26. The van der Waals surface area contributed by atoms with Crippen molar-refractivity contribution in [1.29, 1.82) is 0 Å². The lowest BCUT2D eigenvalue weighted by Crippen LogP contribution is -2.20. The van der Waals surface area contributed by atoms with Gasteiger partial charge in [0.15, 0.2) is 0 Å². The number of rotatable bonds is 2. The molecule has 2 rings (SSSR count). The predicted octanol–water partition coefficient (Wildman–Crippen LogP) is 1.70. The molecule has 1 aliphatic carbocycles. The first-order chi connectivity index (χ1) is 6.72. The largest absolute Gasteiger partial charge is 0.508 e. The van der Waals surface area contributed by atoms with Crippen LogP contribution in [0.3, 0.4) is 0 Å². The van der Waals surface area contributed by atoms with E-state index in [0.717, 1.165) is 24.9 Å². The molecule has 3 N–H and O–H groups in total. The summed E-state index contributed by atoms with van der Waals surface area (Å²) < 4.78 is 0. The Bertz CT molecular complexity index is 335. The Morgan fingerprint density at radius 2 is 2.29 bits per heavy atom. The monoisotopic (exact) mass is 191 g/mol. The number of benzene rings is 1. The van der Waals surface area contributed by atoms with Gasteiger partial charge in [-0.1, -0.05) is 19.1 Å². The standard InChI is InChI=1S/C12H17NO/c1-8(7-13)10-5-9-3-2-4-12(14)11(9)6-10/h2-4,8,10,14H,5-7,13H2,1H3. The molecule has 1 aromatic carbocycles. The Hall–Kier alpha value is -1.02. The van der Waals surface area contributed by atoms with Crippen molar-refractivity contribution >= 4 is 0 Å². The summed E-state index contributed by atoms with van der Waals surface area (Å²) in [5.74, 6) is 1.61. The van der Waals surface area contributed by atoms with Crippen LogP contribution in [0.15, 0.2) is 18.2 Å². The van der Waals surface area contributed by atoms with E-state index in [1.165, 1.54) is 5.56 Å². The Balaban J connectivity index is 2.22. The van der Waals surface area contributed by atoms with E-state index in [2.05, 4.69) is 13.0 Å². The highest BCUT2D eigenvalue weighted by atomic mass is 16.3. The van der Waals surface area contributed by atoms with E-state index < -0.39 is 0 Å². The average Bonchev–Trinajstić information content (AvgIpc) is 2.62. The SMILES string of the molecule is CC(CN)C1Cc2cccc(O)c2C1. The summed E-state index contributed by atoms with van der Waals surface area (Å²) in [6, 6.07) is 5.80. The lowest BCUT2D eigenvalue weighted by Gasteiger charge is -2.15. The molecule has 1 aliphatic rings. The van der Waals surface area contributed by atoms with Crippen LogP contribution in [0, 0.1) is 11.8 Å². The highest BCUT2D eigenvalue weighted by Crippen LogP contribution is 2.35. The molecule has 14 heavy (non-hydrogen) atoms. The molecule has 2 nitrogen and oxygen atoms in total. The lowest BCUT2D eigenvalue weighted by atomic mass is 9.91. The predicted molar refractivity (Wildman–Crippen MR) is 57.2 cm³/mol. The van der Waals surface area contributed by atoms with Crippen LogP contribution in [0.4, 0.5) is 0 Å². The van der Waals surface area contributed by atoms with Crippen molar-refractivity contribution in [2.24, 2.45) is 17.6 Å². The van der Waals surface area contributed by atoms with Gasteiger partial charge in [0.25, 0.3) is 0 Å². The summed E-state index contributed by atoms with van der Waals surface area (Å²) >= 11 is 0. The van der Waals surface area contributed by atoms with Crippen LogP contribution < -0.4 is 5.73 Å². The zero-order chi connectivity index (χ0) is 10.1. The highest BCUT2D eigenvalue weighted by Gasteiger charge is 2.26. The minimum Gasteiger partial charge on any atom is -0.508 e. The van der Waals surface area contributed by atoms with Gasteiger partial charge in [-0.05, 0) is 48.4 Å². The molecule has 76 valence electrons. The number of aromatic hydroxyl groups is 1. The molecule has 0 radical (unpaired) electrons. The molecule has 2 unspecified atom stereocenters. The normalized spacial score (nSPS) is 22.0. The summed E-state index contributed by atoms with van der Waals surface area (Å²) in [7, 11) is 0. The van der Waals surface area contributed by atoms with Crippen LogP contribution in [-0.2, 0) is 12.8 Å². The lowest BCUT2D eigenvalue weighted by molar-refractivity contribution is 0.378. The molecule has 0 spiro atoms. The summed E-state index contributed by atoms with van der Waals surface area (Å²) in [5.41, 5.74) is 8.10. The van der Waals surface area contributed by atoms with Gasteiger partial charge < -0.3 is 10.8 Å². The van der Waals surface area contributed by atoms with Crippen molar-refractivity contribution < 1.29 is 5.11 Å². The minimum atomic E-state index is 0.453. The first kappa shape index (κ1) is 9.53. The molecule has 0 heterocycles. The van der Waals surface area contributed by atoms with Gasteiger partial charge in [-0.25, -0.2) is 0 Å². The van der Waals surface area contributed by atoms with Gasteiger partial charge in [-0.15, -0.1) is 0 Å². The van der Waals surface area contributed by atoms with Gasteiger partial charge in [-0.2, -0.15) is 0 Å². The topological polar surface area (TPSA) is 46.2 Å². The number of phenolic OH excluding ortho intramolecular Hbond substituents is 1. The molecule has 0 saturated carbocycles. The van der Waals surface area contributed by atoms with E-state index in [1.54, 1.807) is 6.07 Å². The molecular weight excluding hydrogens is 174 g/mol. The third-order valence-electron chi connectivity index (χ3n) is 3.37. The van der Waals surface area contributed by atoms with Crippen LogP contribution in [0.2, 0.25) is 0 Å². The second-order valence-corrected chi connectivity index (χ2v) is 4.30. The number of fused-ring (bicyclic) bond motifs is 1. The zero-order valence-electron chi connectivity index (χ0n) is 8.53. The van der Waals surface area contributed by atoms with Gasteiger partial charge in [0, 0.05) is 0 Å². The van der Waals surface area contributed by atoms with Gasteiger partial charge in [0.1, 0.15) is 5.75 Å². The summed E-state index contributed by atoms with van der Waals surface area (Å²) in [4.78, 5) is 0. The molecule has 0 aromatic heterocycles. The van der Waals surface area contributed by atoms with Crippen LogP contribution >= 0.6 is 0 Å². The van der Waals surface area contributed by atoms with Crippen LogP contribution in [0.25, 0.3) is 0 Å². The van der Waals surface area contributed by atoms with E-state index >= 15 is 0 Å². The Morgan fingerprint density at radius 1 is 1.50 bits per heavy atom. The second-order valence-electron chi connectivity index (χ2n) is 4.30. The molecule has 0 aliphatic heterocycles. The summed E-state index contributed by atoms with van der Waals surface area (Å²) in [6.45, 7) is 2.92. The third-order valence-corrected chi connectivity index (χ3v) is 3.37. The zero-order valence-corrected chi connectivity index (χ0v) is 8.53. The summed E-state index contributed by atoms with van der Waals surface area (Å²) in [5, 5.41) is 9.67. The number of hydrogen-bond donors (Lipinski definition) is 2. The third kappa shape index (κ3) is 1.50. The Morgan fingerprint density at radius 3 is 2.93 bits per heavy atom. The van der Waals surface area contributed by atoms with Crippen molar-refractivity contribution in [3.63, 3.8) is 0 Å².